The molecule has 1 atom stereocenters. The van der Waals surface area contributed by atoms with Crippen LogP contribution in [0.4, 0.5) is 0 Å². The zero-order valence-corrected chi connectivity index (χ0v) is 18.6. The van der Waals surface area contributed by atoms with Gasteiger partial charge in [-0.15, -0.1) is 0 Å². The molecule has 0 aliphatic carbocycles. The zero-order chi connectivity index (χ0) is 21.8. The molecule has 0 fully saturated rings. The number of hydrogen-bond donors (Lipinski definition) is 0. The van der Waals surface area contributed by atoms with Gasteiger partial charge in [0.1, 0.15) is 0 Å². The molecular weight excluding hydrogens is 412 g/mol. The minimum Gasteiger partial charge on any atom is -0.493 e. The fourth-order valence-corrected chi connectivity index (χ4v) is 4.33. The molecule has 0 bridgehead atoms. The van der Waals surface area contributed by atoms with Crippen LogP contribution in [0.2, 0.25) is 5.02 Å². The molecule has 6 heteroatoms. The molecule has 0 saturated carbocycles. The van der Waals surface area contributed by atoms with Gasteiger partial charge in [0.2, 0.25) is 5.91 Å². The van der Waals surface area contributed by atoms with Crippen molar-refractivity contribution in [1.29, 1.82) is 0 Å². The second-order valence-electron chi connectivity index (χ2n) is 7.87. The van der Waals surface area contributed by atoms with Crippen molar-refractivity contribution in [2.24, 2.45) is 0 Å². The highest BCUT2D eigenvalue weighted by Crippen LogP contribution is 2.34. The van der Waals surface area contributed by atoms with Gasteiger partial charge in [-0.05, 0) is 59.5 Å². The molecule has 0 spiro atoms. The number of rotatable bonds is 7. The second kappa shape index (κ2) is 9.48. The zero-order valence-electron chi connectivity index (χ0n) is 17.9. The molecule has 1 aromatic heterocycles. The third-order valence-corrected chi connectivity index (χ3v) is 6.18. The van der Waals surface area contributed by atoms with E-state index in [1.54, 1.807) is 14.2 Å². The summed E-state index contributed by atoms with van der Waals surface area (Å²) in [5.74, 6) is 1.66. The summed E-state index contributed by atoms with van der Waals surface area (Å²) in [5, 5.41) is 0.701. The molecule has 1 aliphatic rings. The van der Waals surface area contributed by atoms with Crippen molar-refractivity contribution in [3.8, 4) is 11.5 Å². The molecule has 1 unspecified atom stereocenters. The molecule has 4 rings (SSSR count). The molecule has 5 nitrogen and oxygen atoms in total. The van der Waals surface area contributed by atoms with Gasteiger partial charge in [0.05, 0.1) is 14.2 Å². The predicted octanol–water partition coefficient (Wildman–Crippen LogP) is 4.92. The maximum Gasteiger partial charge on any atom is 0.223 e. The first-order valence-electron chi connectivity index (χ1n) is 10.4. The van der Waals surface area contributed by atoms with E-state index < -0.39 is 0 Å². The van der Waals surface area contributed by atoms with E-state index in [4.69, 9.17) is 21.1 Å². The number of ether oxygens (including phenoxy) is 2. The number of fused-ring (bicyclic) bond motifs is 1. The number of hydrogen-bond acceptors (Lipinski definition) is 3. The van der Waals surface area contributed by atoms with E-state index in [9.17, 15) is 4.79 Å². The standard InChI is InChI=1S/C25H27ClN2O3/c1-30-23-13-19-9-12-28(17-20(19)14-24(23)31-2)25(29)15-21(16-27-10-3-4-11-27)18-5-7-22(26)8-6-18/h3-8,10-11,13-14,21H,9,12,15-17H2,1-2H3. The Hall–Kier alpha value is -2.92. The van der Waals surface area contributed by atoms with E-state index in [-0.39, 0.29) is 11.8 Å². The fraction of sp³-hybridized carbons (Fsp3) is 0.320. The van der Waals surface area contributed by atoms with Crippen LogP contribution in [-0.4, -0.2) is 36.1 Å². The third kappa shape index (κ3) is 4.88. The molecule has 162 valence electrons. The summed E-state index contributed by atoms with van der Waals surface area (Å²) in [7, 11) is 3.28. The molecule has 1 amide bonds. The number of amides is 1. The number of carbonyl (C=O) groups excluding carboxylic acids is 1. The van der Waals surface area contributed by atoms with Crippen molar-refractivity contribution in [3.63, 3.8) is 0 Å². The molecule has 0 saturated heterocycles. The Morgan fingerprint density at radius 2 is 1.68 bits per heavy atom. The van der Waals surface area contributed by atoms with Gasteiger partial charge in [-0.3, -0.25) is 4.79 Å². The molecule has 31 heavy (non-hydrogen) atoms. The summed E-state index contributed by atoms with van der Waals surface area (Å²) >= 11 is 6.08. The highest BCUT2D eigenvalue weighted by molar-refractivity contribution is 6.30. The van der Waals surface area contributed by atoms with Crippen LogP contribution in [0.5, 0.6) is 11.5 Å². The first kappa shape index (κ1) is 21.3. The Bertz CT molecular complexity index is 1030. The van der Waals surface area contributed by atoms with Gasteiger partial charge in [0, 0.05) is 49.4 Å². The second-order valence-corrected chi connectivity index (χ2v) is 8.31. The number of benzene rings is 2. The van der Waals surface area contributed by atoms with E-state index in [1.807, 2.05) is 65.8 Å². The quantitative estimate of drug-likeness (QED) is 0.526. The van der Waals surface area contributed by atoms with Gasteiger partial charge in [-0.2, -0.15) is 0 Å². The van der Waals surface area contributed by atoms with Gasteiger partial charge in [0.15, 0.2) is 11.5 Å². The number of nitrogens with zero attached hydrogens (tertiary/aromatic N) is 2. The Labute approximate surface area is 188 Å². The van der Waals surface area contributed by atoms with Crippen molar-refractivity contribution < 1.29 is 14.3 Å². The van der Waals surface area contributed by atoms with Gasteiger partial charge in [0.25, 0.3) is 0 Å². The number of carbonyl (C=O) groups is 1. The van der Waals surface area contributed by atoms with E-state index in [2.05, 4.69) is 4.57 Å². The first-order chi connectivity index (χ1) is 15.1. The first-order valence-corrected chi connectivity index (χ1v) is 10.8. The van der Waals surface area contributed by atoms with Crippen LogP contribution in [0.3, 0.4) is 0 Å². The van der Waals surface area contributed by atoms with Crippen LogP contribution in [0, 0.1) is 0 Å². The van der Waals surface area contributed by atoms with E-state index in [0.29, 0.717) is 30.3 Å². The maximum absolute atomic E-state index is 13.3. The van der Waals surface area contributed by atoms with Crippen molar-refractivity contribution in [2.45, 2.75) is 31.8 Å². The Kier molecular flexibility index (Phi) is 6.52. The molecule has 0 N–H and O–H groups in total. The lowest BCUT2D eigenvalue weighted by Crippen LogP contribution is -2.37. The van der Waals surface area contributed by atoms with Crippen LogP contribution in [0.1, 0.15) is 29.0 Å². The van der Waals surface area contributed by atoms with Gasteiger partial charge < -0.3 is 18.9 Å². The minimum atomic E-state index is 0.0731. The number of halogens is 1. The lowest BCUT2D eigenvalue weighted by molar-refractivity contribution is -0.132. The molecule has 2 aromatic carbocycles. The van der Waals surface area contributed by atoms with Gasteiger partial charge >= 0.3 is 0 Å². The van der Waals surface area contributed by atoms with Gasteiger partial charge in [-0.1, -0.05) is 23.7 Å². The largest absolute Gasteiger partial charge is 0.493 e. The van der Waals surface area contributed by atoms with Crippen molar-refractivity contribution in [1.82, 2.24) is 9.47 Å². The van der Waals surface area contributed by atoms with Crippen LogP contribution >= 0.6 is 11.6 Å². The summed E-state index contributed by atoms with van der Waals surface area (Å²) < 4.78 is 13.0. The molecule has 3 aromatic rings. The molecular formula is C25H27ClN2O3. The normalized spacial score (nSPS) is 14.1. The smallest absolute Gasteiger partial charge is 0.223 e. The fourth-order valence-electron chi connectivity index (χ4n) is 4.21. The van der Waals surface area contributed by atoms with Crippen molar-refractivity contribution in [2.75, 3.05) is 20.8 Å². The number of methoxy groups -OCH3 is 2. The average Bonchev–Trinajstić information content (AvgIpc) is 3.31. The lowest BCUT2D eigenvalue weighted by Gasteiger charge is -2.31. The summed E-state index contributed by atoms with van der Waals surface area (Å²) in [5.41, 5.74) is 3.45. The van der Waals surface area contributed by atoms with E-state index >= 15 is 0 Å². The van der Waals surface area contributed by atoms with Crippen LogP contribution < -0.4 is 9.47 Å². The topological polar surface area (TPSA) is 43.7 Å². The van der Waals surface area contributed by atoms with Gasteiger partial charge in [-0.25, -0.2) is 0 Å². The third-order valence-electron chi connectivity index (χ3n) is 5.93. The maximum atomic E-state index is 13.3. The van der Waals surface area contributed by atoms with Crippen LogP contribution in [-0.2, 0) is 24.3 Å². The Balaban J connectivity index is 1.51. The Morgan fingerprint density at radius 1 is 1.03 bits per heavy atom. The summed E-state index contributed by atoms with van der Waals surface area (Å²) in [6.45, 7) is 2.04. The summed E-state index contributed by atoms with van der Waals surface area (Å²) in [6.07, 6.45) is 5.32. The monoisotopic (exact) mass is 438 g/mol. The lowest BCUT2D eigenvalue weighted by atomic mass is 9.93. The molecule has 1 aliphatic heterocycles. The SMILES string of the molecule is COc1cc2c(cc1OC)CN(C(=O)CC(Cn1cccc1)c1ccc(Cl)cc1)CC2. The van der Waals surface area contributed by atoms with E-state index in [1.165, 1.54) is 5.56 Å². The minimum absolute atomic E-state index is 0.0731. The average molecular weight is 439 g/mol. The molecule has 0 radical (unpaired) electrons. The number of aromatic nitrogens is 1. The van der Waals surface area contributed by atoms with Crippen LogP contribution in [0.25, 0.3) is 0 Å². The Morgan fingerprint density at radius 3 is 2.32 bits per heavy atom. The van der Waals surface area contributed by atoms with Crippen LogP contribution in [0.15, 0.2) is 60.9 Å². The van der Waals surface area contributed by atoms with E-state index in [0.717, 1.165) is 29.8 Å². The molecule has 2 heterocycles. The summed E-state index contributed by atoms with van der Waals surface area (Å²) in [6, 6.07) is 15.8. The summed E-state index contributed by atoms with van der Waals surface area (Å²) in [4.78, 5) is 15.3. The predicted molar refractivity (Wildman–Crippen MR) is 122 cm³/mol. The highest BCUT2D eigenvalue weighted by atomic mass is 35.5. The highest BCUT2D eigenvalue weighted by Gasteiger charge is 2.25. The van der Waals surface area contributed by atoms with Crippen molar-refractivity contribution in [3.05, 3.63) is 82.6 Å². The van der Waals surface area contributed by atoms with Crippen molar-refractivity contribution >= 4 is 17.5 Å².